The van der Waals surface area contributed by atoms with E-state index in [9.17, 15) is 4.79 Å². The minimum Gasteiger partial charge on any atom is -0.389 e. The lowest BCUT2D eigenvalue weighted by Crippen LogP contribution is -2.35. The van der Waals surface area contributed by atoms with Gasteiger partial charge in [0.25, 0.3) is 5.56 Å². The average molecular weight is 306 g/mol. The summed E-state index contributed by atoms with van der Waals surface area (Å²) in [5, 5.41) is 0. The first-order valence-electron chi connectivity index (χ1n) is 7.77. The normalized spacial score (nSPS) is 24.3. The number of hydrogen-bond donors (Lipinski definition) is 1. The molecule has 2 aliphatic rings. The van der Waals surface area contributed by atoms with E-state index in [0.717, 1.165) is 12.8 Å². The highest BCUT2D eigenvalue weighted by Crippen LogP contribution is 2.42. The summed E-state index contributed by atoms with van der Waals surface area (Å²) in [7, 11) is 0. The molecule has 0 aromatic carbocycles. The molecule has 3 rings (SSSR count). The summed E-state index contributed by atoms with van der Waals surface area (Å²) >= 11 is 4.92. The van der Waals surface area contributed by atoms with Gasteiger partial charge in [-0.3, -0.25) is 4.79 Å². The van der Waals surface area contributed by atoms with Crippen LogP contribution >= 0.6 is 12.2 Å². The number of thiocarbonyl (C=S) groups is 1. The molecule has 1 unspecified atom stereocenters. The molecule has 1 saturated carbocycles. The Balaban J connectivity index is 1.72. The molecule has 1 aromatic heterocycles. The van der Waals surface area contributed by atoms with Gasteiger partial charge in [0.2, 0.25) is 0 Å². The zero-order valence-electron chi connectivity index (χ0n) is 12.2. The largest absolute Gasteiger partial charge is 0.389 e. The number of aromatic nitrogens is 1. The monoisotopic (exact) mass is 306 g/mol. The second-order valence-corrected chi connectivity index (χ2v) is 6.71. The lowest BCUT2D eigenvalue weighted by Gasteiger charge is -2.33. The van der Waals surface area contributed by atoms with Crippen LogP contribution in [0.3, 0.4) is 0 Å². The van der Waals surface area contributed by atoms with Gasteiger partial charge in [0, 0.05) is 6.20 Å². The second kappa shape index (κ2) is 5.89. The van der Waals surface area contributed by atoms with E-state index in [1.807, 2.05) is 6.07 Å². The molecule has 1 aliphatic carbocycles. The molecule has 0 radical (unpaired) electrons. The maximum atomic E-state index is 12.3. The van der Waals surface area contributed by atoms with E-state index in [-0.39, 0.29) is 22.3 Å². The molecule has 5 heteroatoms. The standard InChI is InChI=1S/C16H22N2O2S/c17-14(21)13-5-4-10-18(15(13)19)11-12-6-9-16(20-12)7-2-1-3-8-16/h4-5,10,12H,1-3,6-9,11H2,(H2,17,21). The number of nitrogens with zero attached hydrogens (tertiary/aromatic N) is 1. The maximum Gasteiger partial charge on any atom is 0.260 e. The van der Waals surface area contributed by atoms with Crippen LogP contribution in [-0.4, -0.2) is 21.3 Å². The molecule has 2 fully saturated rings. The van der Waals surface area contributed by atoms with Crippen LogP contribution in [0.15, 0.2) is 23.1 Å². The molecule has 0 bridgehead atoms. The highest BCUT2D eigenvalue weighted by molar-refractivity contribution is 7.80. The SMILES string of the molecule is NC(=S)c1cccn(CC2CCC3(CCCCC3)O2)c1=O. The van der Waals surface area contributed by atoms with Crippen LogP contribution in [-0.2, 0) is 11.3 Å². The molecule has 1 aliphatic heterocycles. The summed E-state index contributed by atoms with van der Waals surface area (Å²) in [4.78, 5) is 12.5. The maximum absolute atomic E-state index is 12.3. The fraction of sp³-hybridized carbons (Fsp3) is 0.625. The smallest absolute Gasteiger partial charge is 0.260 e. The Morgan fingerprint density at radius 3 is 2.86 bits per heavy atom. The third-order valence-electron chi connectivity index (χ3n) is 4.79. The molecule has 1 atom stereocenters. The van der Waals surface area contributed by atoms with E-state index >= 15 is 0 Å². The van der Waals surface area contributed by atoms with Gasteiger partial charge in [0.1, 0.15) is 4.99 Å². The first kappa shape index (κ1) is 14.7. The highest BCUT2D eigenvalue weighted by Gasteiger charge is 2.40. The Morgan fingerprint density at radius 2 is 2.14 bits per heavy atom. The van der Waals surface area contributed by atoms with Crippen LogP contribution < -0.4 is 11.3 Å². The van der Waals surface area contributed by atoms with Crippen LogP contribution in [0.1, 0.15) is 50.5 Å². The number of ether oxygens (including phenoxy) is 1. The zero-order valence-corrected chi connectivity index (χ0v) is 13.0. The Hall–Kier alpha value is -1.20. The predicted molar refractivity (Wildman–Crippen MR) is 86.5 cm³/mol. The summed E-state index contributed by atoms with van der Waals surface area (Å²) in [5.41, 5.74) is 5.98. The summed E-state index contributed by atoms with van der Waals surface area (Å²) in [6.07, 6.45) is 10.3. The second-order valence-electron chi connectivity index (χ2n) is 6.27. The molecular weight excluding hydrogens is 284 g/mol. The summed E-state index contributed by atoms with van der Waals surface area (Å²) < 4.78 is 8.01. The van der Waals surface area contributed by atoms with Crippen molar-refractivity contribution in [2.75, 3.05) is 0 Å². The first-order valence-corrected chi connectivity index (χ1v) is 8.18. The van der Waals surface area contributed by atoms with E-state index in [4.69, 9.17) is 22.7 Å². The lowest BCUT2D eigenvalue weighted by molar-refractivity contribution is -0.0682. The summed E-state index contributed by atoms with van der Waals surface area (Å²) in [5.74, 6) is 0. The Morgan fingerprint density at radius 1 is 1.38 bits per heavy atom. The Kier molecular flexibility index (Phi) is 4.13. The zero-order chi connectivity index (χ0) is 14.9. The van der Waals surface area contributed by atoms with Crippen molar-refractivity contribution in [3.8, 4) is 0 Å². The van der Waals surface area contributed by atoms with Gasteiger partial charge < -0.3 is 15.0 Å². The molecule has 4 nitrogen and oxygen atoms in total. The molecule has 0 amide bonds. The van der Waals surface area contributed by atoms with Gasteiger partial charge in [-0.1, -0.05) is 31.5 Å². The topological polar surface area (TPSA) is 57.2 Å². The van der Waals surface area contributed by atoms with E-state index in [2.05, 4.69) is 0 Å². The highest BCUT2D eigenvalue weighted by atomic mass is 32.1. The predicted octanol–water partition coefficient (Wildman–Crippen LogP) is 2.36. The molecular formula is C16H22N2O2S. The molecule has 1 spiro atoms. The molecule has 1 aromatic rings. The molecule has 21 heavy (non-hydrogen) atoms. The van der Waals surface area contributed by atoms with E-state index < -0.39 is 0 Å². The summed E-state index contributed by atoms with van der Waals surface area (Å²) in [6, 6.07) is 3.50. The number of nitrogens with two attached hydrogens (primary N) is 1. The fourth-order valence-corrected chi connectivity index (χ4v) is 3.83. The third-order valence-corrected chi connectivity index (χ3v) is 5.01. The van der Waals surface area contributed by atoms with E-state index in [0.29, 0.717) is 12.1 Å². The van der Waals surface area contributed by atoms with Crippen LogP contribution in [0.4, 0.5) is 0 Å². The van der Waals surface area contributed by atoms with Crippen molar-refractivity contribution in [1.29, 1.82) is 0 Å². The van der Waals surface area contributed by atoms with Crippen molar-refractivity contribution < 1.29 is 4.74 Å². The third kappa shape index (κ3) is 3.04. The van der Waals surface area contributed by atoms with Crippen molar-refractivity contribution in [2.24, 2.45) is 5.73 Å². The van der Waals surface area contributed by atoms with E-state index in [1.54, 1.807) is 16.8 Å². The van der Waals surface area contributed by atoms with Crippen LogP contribution in [0.2, 0.25) is 0 Å². The minimum absolute atomic E-state index is 0.0906. The first-order chi connectivity index (χ1) is 10.1. The van der Waals surface area contributed by atoms with Gasteiger partial charge in [0.05, 0.1) is 23.8 Å². The van der Waals surface area contributed by atoms with Crippen molar-refractivity contribution >= 4 is 17.2 Å². The molecule has 1 saturated heterocycles. The Bertz CT molecular complexity index is 590. The van der Waals surface area contributed by atoms with Crippen molar-refractivity contribution in [3.63, 3.8) is 0 Å². The summed E-state index contributed by atoms with van der Waals surface area (Å²) in [6.45, 7) is 0.594. The van der Waals surface area contributed by atoms with Crippen molar-refractivity contribution in [1.82, 2.24) is 4.57 Å². The van der Waals surface area contributed by atoms with Crippen molar-refractivity contribution in [3.05, 3.63) is 34.2 Å². The minimum atomic E-state index is -0.113. The van der Waals surface area contributed by atoms with Crippen LogP contribution in [0.5, 0.6) is 0 Å². The molecule has 2 heterocycles. The quantitative estimate of drug-likeness (QED) is 0.871. The van der Waals surface area contributed by atoms with Gasteiger partial charge in [-0.15, -0.1) is 0 Å². The van der Waals surface area contributed by atoms with Gasteiger partial charge in [-0.2, -0.15) is 0 Å². The number of pyridine rings is 1. The van der Waals surface area contributed by atoms with Crippen LogP contribution in [0.25, 0.3) is 0 Å². The Labute approximate surface area is 130 Å². The van der Waals surface area contributed by atoms with Gasteiger partial charge in [-0.25, -0.2) is 0 Å². The fourth-order valence-electron chi connectivity index (χ4n) is 3.68. The molecule has 2 N–H and O–H groups in total. The van der Waals surface area contributed by atoms with Crippen LogP contribution in [0, 0.1) is 0 Å². The van der Waals surface area contributed by atoms with Gasteiger partial charge >= 0.3 is 0 Å². The van der Waals surface area contributed by atoms with Crippen molar-refractivity contribution in [2.45, 2.75) is 63.2 Å². The number of hydrogen-bond acceptors (Lipinski definition) is 3. The number of rotatable bonds is 3. The molecule has 114 valence electrons. The lowest BCUT2D eigenvalue weighted by atomic mass is 9.83. The van der Waals surface area contributed by atoms with E-state index in [1.165, 1.54) is 32.1 Å². The average Bonchev–Trinajstić information content (AvgIpc) is 2.84. The van der Waals surface area contributed by atoms with Gasteiger partial charge in [0.15, 0.2) is 0 Å². The van der Waals surface area contributed by atoms with Gasteiger partial charge in [-0.05, 0) is 37.8 Å².